The second kappa shape index (κ2) is 7.87. The average molecular weight is 251 g/mol. The first-order valence-corrected chi connectivity index (χ1v) is 6.64. The molecule has 5 nitrogen and oxygen atoms in total. The van der Waals surface area contributed by atoms with Gasteiger partial charge in [0.25, 0.3) is 0 Å². The van der Waals surface area contributed by atoms with Crippen LogP contribution in [0.25, 0.3) is 0 Å². The van der Waals surface area contributed by atoms with Crippen molar-refractivity contribution in [3.8, 4) is 0 Å². The predicted molar refractivity (Wildman–Crippen MR) is 77.1 cm³/mol. The fourth-order valence-electron chi connectivity index (χ4n) is 1.81. The molecule has 2 N–H and O–H groups in total. The summed E-state index contributed by atoms with van der Waals surface area (Å²) in [5.74, 6) is 1.56. The van der Waals surface area contributed by atoms with Crippen LogP contribution in [-0.2, 0) is 0 Å². The van der Waals surface area contributed by atoms with Gasteiger partial charge in [-0.25, -0.2) is 4.98 Å². The first kappa shape index (κ1) is 14.7. The molecule has 0 aliphatic heterocycles. The topological polar surface area (TPSA) is 53.1 Å². The van der Waals surface area contributed by atoms with Crippen molar-refractivity contribution in [3.05, 3.63) is 12.3 Å². The molecule has 0 amide bonds. The van der Waals surface area contributed by atoms with E-state index in [-0.39, 0.29) is 0 Å². The van der Waals surface area contributed by atoms with E-state index in [1.54, 1.807) is 6.20 Å². The van der Waals surface area contributed by atoms with Crippen molar-refractivity contribution >= 4 is 11.8 Å². The largest absolute Gasteiger partial charge is 0.370 e. The van der Waals surface area contributed by atoms with Gasteiger partial charge in [0.15, 0.2) is 0 Å². The highest BCUT2D eigenvalue weighted by Crippen LogP contribution is 2.07. The Hall–Kier alpha value is -1.36. The third-order valence-corrected chi connectivity index (χ3v) is 2.86. The van der Waals surface area contributed by atoms with E-state index in [4.69, 9.17) is 0 Å². The Morgan fingerprint density at radius 1 is 1.28 bits per heavy atom. The van der Waals surface area contributed by atoms with Gasteiger partial charge in [0.2, 0.25) is 5.95 Å². The number of nitrogens with one attached hydrogen (secondary N) is 2. The Morgan fingerprint density at radius 2 is 2.06 bits per heavy atom. The lowest BCUT2D eigenvalue weighted by Crippen LogP contribution is -2.34. The van der Waals surface area contributed by atoms with E-state index in [1.807, 2.05) is 6.07 Å². The molecule has 1 aromatic rings. The Morgan fingerprint density at radius 3 is 2.67 bits per heavy atom. The summed E-state index contributed by atoms with van der Waals surface area (Å²) in [4.78, 5) is 10.9. The molecular formula is C13H25N5. The Labute approximate surface area is 110 Å². The standard InChI is InChI=1S/C13H25N5/c1-5-7-11(18(3)4)10-16-13-15-9-8-12(17-13)14-6-2/h8-9,11H,5-7,10H2,1-4H3,(H2,14,15,16,17). The molecule has 0 bridgehead atoms. The van der Waals surface area contributed by atoms with Gasteiger partial charge in [-0.2, -0.15) is 4.98 Å². The van der Waals surface area contributed by atoms with Gasteiger partial charge in [-0.3, -0.25) is 0 Å². The zero-order chi connectivity index (χ0) is 13.4. The van der Waals surface area contributed by atoms with Crippen molar-refractivity contribution in [3.63, 3.8) is 0 Å². The van der Waals surface area contributed by atoms with Crippen molar-refractivity contribution in [2.75, 3.05) is 37.8 Å². The highest BCUT2D eigenvalue weighted by atomic mass is 15.2. The monoisotopic (exact) mass is 251 g/mol. The molecule has 0 radical (unpaired) electrons. The molecule has 0 saturated heterocycles. The molecule has 0 spiro atoms. The van der Waals surface area contributed by atoms with Crippen molar-refractivity contribution in [2.45, 2.75) is 32.7 Å². The first-order valence-electron chi connectivity index (χ1n) is 6.64. The highest BCUT2D eigenvalue weighted by molar-refractivity contribution is 5.39. The minimum absolute atomic E-state index is 0.515. The SMILES string of the molecule is CCCC(CNc1nccc(NCC)n1)N(C)C. The molecule has 0 saturated carbocycles. The van der Waals surface area contributed by atoms with Crippen LogP contribution in [0.1, 0.15) is 26.7 Å². The summed E-state index contributed by atoms with van der Waals surface area (Å²) >= 11 is 0. The molecule has 102 valence electrons. The first-order chi connectivity index (χ1) is 8.67. The molecule has 0 aliphatic rings. The summed E-state index contributed by atoms with van der Waals surface area (Å²) in [6, 6.07) is 2.39. The molecule has 1 rings (SSSR count). The van der Waals surface area contributed by atoms with Gasteiger partial charge >= 0.3 is 0 Å². The minimum atomic E-state index is 0.515. The normalized spacial score (nSPS) is 12.5. The molecular weight excluding hydrogens is 226 g/mol. The molecule has 1 atom stereocenters. The zero-order valence-corrected chi connectivity index (χ0v) is 11.9. The number of nitrogens with zero attached hydrogens (tertiary/aromatic N) is 3. The Kier molecular flexibility index (Phi) is 6.43. The molecule has 0 aromatic carbocycles. The minimum Gasteiger partial charge on any atom is -0.370 e. The third kappa shape index (κ3) is 4.87. The molecule has 1 heterocycles. The summed E-state index contributed by atoms with van der Waals surface area (Å²) in [5, 5.41) is 6.49. The van der Waals surface area contributed by atoms with Crippen LogP contribution in [0.5, 0.6) is 0 Å². The van der Waals surface area contributed by atoms with Gasteiger partial charge < -0.3 is 15.5 Å². The van der Waals surface area contributed by atoms with E-state index < -0.39 is 0 Å². The molecule has 0 aliphatic carbocycles. The Balaban J connectivity index is 2.53. The van der Waals surface area contributed by atoms with Crippen molar-refractivity contribution in [1.82, 2.24) is 14.9 Å². The molecule has 0 fully saturated rings. The molecule has 18 heavy (non-hydrogen) atoms. The number of rotatable bonds is 8. The molecule has 5 heteroatoms. The van der Waals surface area contributed by atoms with Crippen LogP contribution in [-0.4, -0.2) is 48.1 Å². The van der Waals surface area contributed by atoms with Crippen LogP contribution in [0.4, 0.5) is 11.8 Å². The zero-order valence-electron chi connectivity index (χ0n) is 11.9. The summed E-state index contributed by atoms with van der Waals surface area (Å²) < 4.78 is 0. The molecule has 1 unspecified atom stereocenters. The number of anilines is 2. The lowest BCUT2D eigenvalue weighted by molar-refractivity contribution is 0.288. The van der Waals surface area contributed by atoms with Gasteiger partial charge in [0, 0.05) is 25.3 Å². The van der Waals surface area contributed by atoms with Crippen LogP contribution in [0, 0.1) is 0 Å². The van der Waals surface area contributed by atoms with Gasteiger partial charge in [-0.15, -0.1) is 0 Å². The van der Waals surface area contributed by atoms with Gasteiger partial charge in [-0.05, 0) is 33.5 Å². The smallest absolute Gasteiger partial charge is 0.224 e. The maximum atomic E-state index is 4.40. The molecule has 1 aromatic heterocycles. The van der Waals surface area contributed by atoms with Gasteiger partial charge in [0.1, 0.15) is 5.82 Å². The van der Waals surface area contributed by atoms with Crippen molar-refractivity contribution < 1.29 is 0 Å². The lowest BCUT2D eigenvalue weighted by Gasteiger charge is -2.24. The average Bonchev–Trinajstić information content (AvgIpc) is 2.35. The van der Waals surface area contributed by atoms with E-state index in [1.165, 1.54) is 12.8 Å². The highest BCUT2D eigenvalue weighted by Gasteiger charge is 2.10. The number of aromatic nitrogens is 2. The maximum absolute atomic E-state index is 4.40. The maximum Gasteiger partial charge on any atom is 0.224 e. The number of likely N-dealkylation sites (N-methyl/N-ethyl adjacent to an activating group) is 1. The summed E-state index contributed by atoms with van der Waals surface area (Å²) in [5.41, 5.74) is 0. The van der Waals surface area contributed by atoms with E-state index in [2.05, 4.69) is 53.4 Å². The summed E-state index contributed by atoms with van der Waals surface area (Å²) in [6.45, 7) is 6.00. The van der Waals surface area contributed by atoms with Gasteiger partial charge in [-0.1, -0.05) is 13.3 Å². The van der Waals surface area contributed by atoms with Crippen molar-refractivity contribution in [1.29, 1.82) is 0 Å². The van der Waals surface area contributed by atoms with Crippen LogP contribution in [0.3, 0.4) is 0 Å². The van der Waals surface area contributed by atoms with E-state index in [9.17, 15) is 0 Å². The second-order valence-corrected chi connectivity index (χ2v) is 4.58. The predicted octanol–water partition coefficient (Wildman–Crippen LogP) is 2.05. The van der Waals surface area contributed by atoms with Gasteiger partial charge in [0.05, 0.1) is 0 Å². The summed E-state index contributed by atoms with van der Waals surface area (Å²) in [6.07, 6.45) is 4.13. The lowest BCUT2D eigenvalue weighted by atomic mass is 10.1. The number of hydrogen-bond donors (Lipinski definition) is 2. The van der Waals surface area contributed by atoms with E-state index >= 15 is 0 Å². The third-order valence-electron chi connectivity index (χ3n) is 2.86. The summed E-state index contributed by atoms with van der Waals surface area (Å²) in [7, 11) is 4.22. The van der Waals surface area contributed by atoms with Crippen LogP contribution < -0.4 is 10.6 Å². The van der Waals surface area contributed by atoms with E-state index in [0.717, 1.165) is 18.9 Å². The Bertz CT molecular complexity index is 340. The fourth-order valence-corrected chi connectivity index (χ4v) is 1.81. The van der Waals surface area contributed by atoms with Crippen LogP contribution in [0.15, 0.2) is 12.3 Å². The number of hydrogen-bond acceptors (Lipinski definition) is 5. The van der Waals surface area contributed by atoms with Crippen LogP contribution >= 0.6 is 0 Å². The van der Waals surface area contributed by atoms with Crippen molar-refractivity contribution in [2.24, 2.45) is 0 Å². The second-order valence-electron chi connectivity index (χ2n) is 4.58. The quantitative estimate of drug-likeness (QED) is 0.740. The van der Waals surface area contributed by atoms with E-state index in [0.29, 0.717) is 12.0 Å². The van der Waals surface area contributed by atoms with Crippen LogP contribution in [0.2, 0.25) is 0 Å². The fraction of sp³-hybridized carbons (Fsp3) is 0.692.